The average molecular weight is 367 g/mol. The number of amides is 1. The van der Waals surface area contributed by atoms with E-state index in [0.717, 1.165) is 22.3 Å². The molecule has 0 radical (unpaired) electrons. The zero-order valence-corrected chi connectivity index (χ0v) is 15.9. The van der Waals surface area contributed by atoms with Crippen LogP contribution in [0.15, 0.2) is 53.3 Å². The van der Waals surface area contributed by atoms with Gasteiger partial charge in [-0.3, -0.25) is 13.9 Å². The topological polar surface area (TPSA) is 65.3 Å². The first-order valence-electron chi connectivity index (χ1n) is 9.25. The molecule has 0 spiro atoms. The number of carbonyl (C=O) groups excluding carboxylic acids is 1. The van der Waals surface area contributed by atoms with Gasteiger partial charge in [0.2, 0.25) is 5.91 Å². The number of rotatable bonds is 7. The van der Waals surface area contributed by atoms with Crippen molar-refractivity contribution in [1.29, 1.82) is 0 Å². The van der Waals surface area contributed by atoms with Crippen molar-refractivity contribution in [2.24, 2.45) is 0 Å². The number of imidazole rings is 1. The first kappa shape index (κ1) is 18.8. The zero-order valence-electron chi connectivity index (χ0n) is 15.9. The molecule has 1 atom stereocenters. The lowest BCUT2D eigenvalue weighted by molar-refractivity contribution is -0.122. The van der Waals surface area contributed by atoms with E-state index >= 15 is 0 Å². The Morgan fingerprint density at radius 1 is 1.07 bits per heavy atom. The van der Waals surface area contributed by atoms with Crippen LogP contribution in [0.5, 0.6) is 5.75 Å². The summed E-state index contributed by atoms with van der Waals surface area (Å²) in [6.45, 7) is 6.92. The molecule has 0 saturated carbocycles. The Kier molecular flexibility index (Phi) is 5.64. The van der Waals surface area contributed by atoms with Crippen molar-refractivity contribution in [1.82, 2.24) is 14.5 Å². The maximum atomic E-state index is 12.7. The lowest BCUT2D eigenvalue weighted by Gasteiger charge is -2.15. The third-order valence-corrected chi connectivity index (χ3v) is 4.59. The molecule has 6 heteroatoms. The molecule has 1 unspecified atom stereocenters. The van der Waals surface area contributed by atoms with Crippen LogP contribution in [0.3, 0.4) is 0 Å². The Morgan fingerprint density at radius 3 is 2.44 bits per heavy atom. The van der Waals surface area contributed by atoms with Gasteiger partial charge in [0.25, 0.3) is 0 Å². The van der Waals surface area contributed by atoms with Gasteiger partial charge in [-0.1, -0.05) is 24.3 Å². The Morgan fingerprint density at radius 2 is 1.78 bits per heavy atom. The predicted molar refractivity (Wildman–Crippen MR) is 106 cm³/mol. The molecule has 27 heavy (non-hydrogen) atoms. The number of carbonyl (C=O) groups is 1. The molecule has 2 aromatic carbocycles. The monoisotopic (exact) mass is 367 g/mol. The summed E-state index contributed by atoms with van der Waals surface area (Å²) in [5, 5.41) is 2.97. The van der Waals surface area contributed by atoms with E-state index in [9.17, 15) is 9.59 Å². The van der Waals surface area contributed by atoms with Gasteiger partial charge in [0.1, 0.15) is 12.3 Å². The maximum absolute atomic E-state index is 12.7. The molecule has 1 amide bonds. The van der Waals surface area contributed by atoms with Crippen molar-refractivity contribution in [3.63, 3.8) is 0 Å². The van der Waals surface area contributed by atoms with Crippen LogP contribution in [0, 0.1) is 0 Å². The first-order chi connectivity index (χ1) is 13.0. The highest BCUT2D eigenvalue weighted by atomic mass is 16.5. The van der Waals surface area contributed by atoms with Crippen molar-refractivity contribution in [3.8, 4) is 5.75 Å². The van der Waals surface area contributed by atoms with Gasteiger partial charge < -0.3 is 10.1 Å². The quantitative estimate of drug-likeness (QED) is 0.698. The van der Waals surface area contributed by atoms with Crippen LogP contribution in [0.1, 0.15) is 32.4 Å². The summed E-state index contributed by atoms with van der Waals surface area (Å²) in [4.78, 5) is 25.2. The number of benzene rings is 2. The lowest BCUT2D eigenvalue weighted by Crippen LogP contribution is -2.34. The van der Waals surface area contributed by atoms with Gasteiger partial charge in [-0.15, -0.1) is 0 Å². The number of ether oxygens (including phenoxy) is 1. The standard InChI is InChI=1S/C21H25N3O3/c1-4-23-18-11-6-7-12-19(18)24(21(23)26)14-20(25)22-15(3)16-9-8-10-17(13-16)27-5-2/h6-13,15H,4-5,14H2,1-3H3,(H,22,25). The smallest absolute Gasteiger partial charge is 0.329 e. The molecule has 3 aromatic rings. The van der Waals surface area contributed by atoms with Crippen LogP contribution in [0.25, 0.3) is 11.0 Å². The van der Waals surface area contributed by atoms with Crippen molar-refractivity contribution in [3.05, 3.63) is 64.6 Å². The molecule has 0 aliphatic heterocycles. The van der Waals surface area contributed by atoms with E-state index in [1.807, 2.05) is 69.3 Å². The zero-order chi connectivity index (χ0) is 19.4. The number of nitrogens with one attached hydrogen (secondary N) is 1. The van der Waals surface area contributed by atoms with Gasteiger partial charge in [-0.05, 0) is 50.6 Å². The van der Waals surface area contributed by atoms with Crippen molar-refractivity contribution in [2.45, 2.75) is 39.9 Å². The molecule has 3 rings (SSSR count). The second-order valence-corrected chi connectivity index (χ2v) is 6.40. The minimum absolute atomic E-state index is 0.0121. The Hall–Kier alpha value is -3.02. The molecule has 0 saturated heterocycles. The molecular weight excluding hydrogens is 342 g/mol. The Labute approximate surface area is 158 Å². The first-order valence-corrected chi connectivity index (χ1v) is 9.25. The number of fused-ring (bicyclic) bond motifs is 1. The van der Waals surface area contributed by atoms with Crippen molar-refractivity contribution < 1.29 is 9.53 Å². The summed E-state index contributed by atoms with van der Waals surface area (Å²) in [5.74, 6) is 0.573. The van der Waals surface area contributed by atoms with Crippen molar-refractivity contribution in [2.75, 3.05) is 6.61 Å². The Balaban J connectivity index is 1.78. The van der Waals surface area contributed by atoms with Gasteiger partial charge in [0.15, 0.2) is 0 Å². The summed E-state index contributed by atoms with van der Waals surface area (Å²) in [7, 11) is 0. The summed E-state index contributed by atoms with van der Waals surface area (Å²) in [6.07, 6.45) is 0. The summed E-state index contributed by atoms with van der Waals surface area (Å²) < 4.78 is 8.72. The summed E-state index contributed by atoms with van der Waals surface area (Å²) in [5.41, 5.74) is 2.40. The highest BCUT2D eigenvalue weighted by Crippen LogP contribution is 2.19. The summed E-state index contributed by atoms with van der Waals surface area (Å²) >= 11 is 0. The molecule has 1 N–H and O–H groups in total. The van der Waals surface area contributed by atoms with E-state index in [0.29, 0.717) is 13.2 Å². The van der Waals surface area contributed by atoms with Gasteiger partial charge >= 0.3 is 5.69 Å². The fourth-order valence-corrected chi connectivity index (χ4v) is 3.29. The van der Waals surface area contributed by atoms with Gasteiger partial charge in [0, 0.05) is 6.54 Å². The number of nitrogens with zero attached hydrogens (tertiary/aromatic N) is 2. The highest BCUT2D eigenvalue weighted by molar-refractivity contribution is 5.81. The normalized spacial score (nSPS) is 12.1. The SMILES string of the molecule is CCOc1cccc(C(C)NC(=O)Cn2c(=O)n(CC)c3ccccc32)c1. The van der Waals surface area contributed by atoms with Gasteiger partial charge in [-0.2, -0.15) is 0 Å². The fraction of sp³-hybridized carbons (Fsp3) is 0.333. The highest BCUT2D eigenvalue weighted by Gasteiger charge is 2.16. The molecule has 0 aliphatic rings. The largest absolute Gasteiger partial charge is 0.494 e. The molecule has 1 aromatic heterocycles. The van der Waals surface area contributed by atoms with E-state index in [4.69, 9.17) is 4.74 Å². The molecule has 0 fully saturated rings. The molecule has 142 valence electrons. The lowest BCUT2D eigenvalue weighted by atomic mass is 10.1. The number of aryl methyl sites for hydroxylation is 1. The third kappa shape index (κ3) is 3.89. The van der Waals surface area contributed by atoms with Crippen LogP contribution >= 0.6 is 0 Å². The number of hydrogen-bond donors (Lipinski definition) is 1. The number of para-hydroxylation sites is 2. The molecule has 1 heterocycles. The number of aromatic nitrogens is 2. The minimum Gasteiger partial charge on any atom is -0.494 e. The van der Waals surface area contributed by atoms with E-state index in [1.54, 1.807) is 4.57 Å². The Bertz CT molecular complexity index is 1000. The van der Waals surface area contributed by atoms with E-state index in [1.165, 1.54) is 4.57 Å². The van der Waals surface area contributed by atoms with Gasteiger partial charge in [-0.25, -0.2) is 4.79 Å². The van der Waals surface area contributed by atoms with Crippen LogP contribution in [0.2, 0.25) is 0 Å². The van der Waals surface area contributed by atoms with Crippen LogP contribution in [0.4, 0.5) is 0 Å². The van der Waals surface area contributed by atoms with Crippen LogP contribution in [-0.4, -0.2) is 21.6 Å². The molecule has 0 bridgehead atoms. The van der Waals surface area contributed by atoms with Crippen LogP contribution < -0.4 is 15.7 Å². The second-order valence-electron chi connectivity index (χ2n) is 6.40. The summed E-state index contributed by atoms with van der Waals surface area (Å²) in [6, 6.07) is 15.0. The fourth-order valence-electron chi connectivity index (χ4n) is 3.29. The molecule has 6 nitrogen and oxygen atoms in total. The second kappa shape index (κ2) is 8.12. The number of hydrogen-bond acceptors (Lipinski definition) is 3. The molecular formula is C21H25N3O3. The van der Waals surface area contributed by atoms with E-state index < -0.39 is 0 Å². The van der Waals surface area contributed by atoms with Gasteiger partial charge in [0.05, 0.1) is 23.7 Å². The average Bonchev–Trinajstić information content (AvgIpc) is 2.93. The van der Waals surface area contributed by atoms with E-state index in [2.05, 4.69) is 5.32 Å². The predicted octanol–water partition coefficient (Wildman–Crippen LogP) is 3.10. The van der Waals surface area contributed by atoms with Crippen molar-refractivity contribution >= 4 is 16.9 Å². The maximum Gasteiger partial charge on any atom is 0.329 e. The third-order valence-electron chi connectivity index (χ3n) is 4.59. The van der Waals surface area contributed by atoms with Crippen LogP contribution in [-0.2, 0) is 17.9 Å². The molecule has 0 aliphatic carbocycles. The van der Waals surface area contributed by atoms with E-state index in [-0.39, 0.29) is 24.2 Å². The minimum atomic E-state index is -0.203.